The second kappa shape index (κ2) is 5.72. The number of aromatic hydroxyl groups is 1. The summed E-state index contributed by atoms with van der Waals surface area (Å²) in [5.41, 5.74) is 2.21. The monoisotopic (exact) mass is 312 g/mol. The van der Waals surface area contributed by atoms with Crippen LogP contribution in [0.1, 0.15) is 21.7 Å². The molecule has 2 aromatic heterocycles. The van der Waals surface area contributed by atoms with Crippen LogP contribution in [-0.4, -0.2) is 36.8 Å². The van der Waals surface area contributed by atoms with Crippen molar-refractivity contribution in [2.24, 2.45) is 5.10 Å². The van der Waals surface area contributed by atoms with Crippen molar-refractivity contribution >= 4 is 17.9 Å². The summed E-state index contributed by atoms with van der Waals surface area (Å²) in [6.07, 6.45) is 2.55. The van der Waals surface area contributed by atoms with Crippen molar-refractivity contribution in [3.63, 3.8) is 0 Å². The predicted molar refractivity (Wildman–Crippen MR) is 81.5 cm³/mol. The molecule has 3 N–H and O–H groups in total. The molecule has 0 aliphatic rings. The van der Waals surface area contributed by atoms with Crippen molar-refractivity contribution in [3.8, 4) is 5.75 Å². The Morgan fingerprint density at radius 1 is 1.39 bits per heavy atom. The highest BCUT2D eigenvalue weighted by Crippen LogP contribution is 2.07. The number of nitrogens with one attached hydrogen (secondary N) is 2. The van der Waals surface area contributed by atoms with Crippen LogP contribution < -0.4 is 11.0 Å². The number of H-pyrrole nitrogens is 1. The standard InChI is InChI=1S/C14H12N6O3/c1-8-17-14-15-7-11(13(23)20(14)19-8)12(22)18-16-6-9-2-4-10(21)5-3-9/h2-7,21H,1H3,(H,18,22)(H,15,17,19)/b16-6+. The Labute approximate surface area is 129 Å². The van der Waals surface area contributed by atoms with Crippen molar-refractivity contribution in [1.82, 2.24) is 25.0 Å². The smallest absolute Gasteiger partial charge is 0.286 e. The fraction of sp³-hybridized carbons (Fsp3) is 0.0714. The van der Waals surface area contributed by atoms with Crippen LogP contribution in [0, 0.1) is 6.92 Å². The van der Waals surface area contributed by atoms with Crippen molar-refractivity contribution in [3.05, 3.63) is 57.8 Å². The van der Waals surface area contributed by atoms with Crippen LogP contribution in [0.25, 0.3) is 5.78 Å². The van der Waals surface area contributed by atoms with Crippen molar-refractivity contribution in [1.29, 1.82) is 0 Å². The molecule has 9 nitrogen and oxygen atoms in total. The van der Waals surface area contributed by atoms with Crippen LogP contribution in [0.3, 0.4) is 0 Å². The first kappa shape index (κ1) is 14.4. The van der Waals surface area contributed by atoms with Gasteiger partial charge in [-0.3, -0.25) is 14.7 Å². The maximum atomic E-state index is 12.2. The van der Waals surface area contributed by atoms with E-state index in [2.05, 4.69) is 25.6 Å². The quantitative estimate of drug-likeness (QED) is 0.470. The molecule has 0 radical (unpaired) electrons. The van der Waals surface area contributed by atoms with Gasteiger partial charge < -0.3 is 5.11 Å². The van der Waals surface area contributed by atoms with Crippen LogP contribution in [0.4, 0.5) is 0 Å². The number of aromatic amines is 1. The maximum Gasteiger partial charge on any atom is 0.286 e. The average Bonchev–Trinajstić information content (AvgIpc) is 2.91. The van der Waals surface area contributed by atoms with E-state index in [0.717, 1.165) is 10.7 Å². The second-order valence-corrected chi connectivity index (χ2v) is 4.71. The summed E-state index contributed by atoms with van der Waals surface area (Å²) in [4.78, 5) is 32.1. The van der Waals surface area contributed by atoms with E-state index in [9.17, 15) is 14.7 Å². The third-order valence-electron chi connectivity index (χ3n) is 3.00. The van der Waals surface area contributed by atoms with Crippen LogP contribution in [0.5, 0.6) is 5.75 Å². The largest absolute Gasteiger partial charge is 0.508 e. The average molecular weight is 312 g/mol. The van der Waals surface area contributed by atoms with E-state index in [1.54, 1.807) is 19.1 Å². The molecule has 3 aromatic rings. The van der Waals surface area contributed by atoms with Gasteiger partial charge in [0.25, 0.3) is 17.2 Å². The van der Waals surface area contributed by atoms with E-state index in [1.165, 1.54) is 18.3 Å². The Kier molecular flexibility index (Phi) is 3.59. The van der Waals surface area contributed by atoms with E-state index in [4.69, 9.17) is 0 Å². The van der Waals surface area contributed by atoms with Crippen molar-refractivity contribution in [2.75, 3.05) is 0 Å². The number of phenolic OH excluding ortho intramolecular Hbond substituents is 1. The number of carbonyl (C=O) groups excluding carboxylic acids is 1. The topological polar surface area (TPSA) is 125 Å². The molecule has 0 aliphatic heterocycles. The normalized spacial score (nSPS) is 11.2. The van der Waals surface area contributed by atoms with Gasteiger partial charge in [-0.2, -0.15) is 14.6 Å². The molecular formula is C14H12N6O3. The van der Waals surface area contributed by atoms with E-state index in [0.29, 0.717) is 11.4 Å². The number of hydrogen-bond acceptors (Lipinski definition) is 6. The molecule has 0 saturated carbocycles. The third-order valence-corrected chi connectivity index (χ3v) is 3.00. The molecule has 0 bridgehead atoms. The minimum atomic E-state index is -0.681. The number of amides is 1. The van der Waals surface area contributed by atoms with Gasteiger partial charge in [-0.05, 0) is 36.8 Å². The van der Waals surface area contributed by atoms with Gasteiger partial charge in [0.15, 0.2) is 0 Å². The summed E-state index contributed by atoms with van der Waals surface area (Å²) >= 11 is 0. The fourth-order valence-electron chi connectivity index (χ4n) is 1.90. The van der Waals surface area contributed by atoms with E-state index in [1.807, 2.05) is 0 Å². The lowest BCUT2D eigenvalue weighted by molar-refractivity contribution is 0.0953. The van der Waals surface area contributed by atoms with E-state index in [-0.39, 0.29) is 17.1 Å². The molecular weight excluding hydrogens is 300 g/mol. The van der Waals surface area contributed by atoms with Gasteiger partial charge >= 0.3 is 0 Å². The van der Waals surface area contributed by atoms with E-state index >= 15 is 0 Å². The first-order valence-electron chi connectivity index (χ1n) is 6.61. The Bertz CT molecular complexity index is 955. The molecule has 0 unspecified atom stereocenters. The zero-order valence-electron chi connectivity index (χ0n) is 12.0. The molecule has 1 aromatic carbocycles. The zero-order chi connectivity index (χ0) is 16.4. The highest BCUT2D eigenvalue weighted by atomic mass is 16.3. The zero-order valence-corrected chi connectivity index (χ0v) is 12.0. The van der Waals surface area contributed by atoms with Crippen LogP contribution in [-0.2, 0) is 0 Å². The van der Waals surface area contributed by atoms with E-state index < -0.39 is 11.5 Å². The van der Waals surface area contributed by atoms with Crippen molar-refractivity contribution in [2.45, 2.75) is 6.92 Å². The molecule has 0 atom stereocenters. The molecule has 2 heterocycles. The van der Waals surface area contributed by atoms with Gasteiger partial charge in [-0.25, -0.2) is 10.4 Å². The van der Waals surface area contributed by atoms with Gasteiger partial charge in [0.05, 0.1) is 6.21 Å². The van der Waals surface area contributed by atoms with Crippen LogP contribution >= 0.6 is 0 Å². The number of fused-ring (bicyclic) bond motifs is 1. The van der Waals surface area contributed by atoms with Crippen LogP contribution in [0.2, 0.25) is 0 Å². The summed E-state index contributed by atoms with van der Waals surface area (Å²) < 4.78 is 1.09. The lowest BCUT2D eigenvalue weighted by Crippen LogP contribution is -2.29. The lowest BCUT2D eigenvalue weighted by atomic mass is 10.2. The molecule has 116 valence electrons. The van der Waals surface area contributed by atoms with Gasteiger partial charge in [0.1, 0.15) is 17.1 Å². The first-order valence-corrected chi connectivity index (χ1v) is 6.61. The molecule has 23 heavy (non-hydrogen) atoms. The Morgan fingerprint density at radius 3 is 2.87 bits per heavy atom. The SMILES string of the molecule is Cc1nc2ncc(C(=O)N/N=C/c3ccc(O)cc3)c(=O)n2[nH]1. The Hall–Kier alpha value is -3.49. The summed E-state index contributed by atoms with van der Waals surface area (Å²) in [6.45, 7) is 1.68. The van der Waals surface area contributed by atoms with Crippen molar-refractivity contribution < 1.29 is 9.90 Å². The van der Waals surface area contributed by atoms with Gasteiger partial charge in [-0.1, -0.05) is 0 Å². The minimum absolute atomic E-state index is 0.133. The summed E-state index contributed by atoms with van der Waals surface area (Å²) in [5.74, 6) is 0.154. The predicted octanol–water partition coefficient (Wildman–Crippen LogP) is 0.196. The molecule has 0 spiro atoms. The second-order valence-electron chi connectivity index (χ2n) is 4.71. The Morgan fingerprint density at radius 2 is 2.13 bits per heavy atom. The van der Waals surface area contributed by atoms with Gasteiger partial charge in [0.2, 0.25) is 0 Å². The number of hydrazone groups is 1. The highest BCUT2D eigenvalue weighted by Gasteiger charge is 2.14. The highest BCUT2D eigenvalue weighted by molar-refractivity contribution is 5.94. The number of hydrogen-bond donors (Lipinski definition) is 3. The minimum Gasteiger partial charge on any atom is -0.508 e. The molecule has 0 fully saturated rings. The number of phenols is 1. The van der Waals surface area contributed by atoms with Crippen LogP contribution in [0.15, 0.2) is 40.4 Å². The number of aryl methyl sites for hydroxylation is 1. The lowest BCUT2D eigenvalue weighted by Gasteiger charge is -1.99. The number of nitrogens with zero attached hydrogens (tertiary/aromatic N) is 4. The van der Waals surface area contributed by atoms with Gasteiger partial charge in [-0.15, -0.1) is 0 Å². The number of benzene rings is 1. The summed E-state index contributed by atoms with van der Waals surface area (Å²) in [5, 5.41) is 15.6. The molecule has 1 amide bonds. The Balaban J connectivity index is 1.79. The molecule has 9 heteroatoms. The van der Waals surface area contributed by atoms with Gasteiger partial charge in [0, 0.05) is 6.20 Å². The molecule has 0 saturated heterocycles. The summed E-state index contributed by atoms with van der Waals surface area (Å²) in [6, 6.07) is 6.24. The molecule has 0 aliphatic carbocycles. The maximum absolute atomic E-state index is 12.2. The number of aromatic nitrogens is 4. The number of rotatable bonds is 3. The fourth-order valence-corrected chi connectivity index (χ4v) is 1.90. The molecule has 3 rings (SSSR count). The third kappa shape index (κ3) is 2.93. The summed E-state index contributed by atoms with van der Waals surface area (Å²) in [7, 11) is 0. The first-order chi connectivity index (χ1) is 11.0. The number of carbonyl (C=O) groups is 1.